The molecule has 1 aliphatic heterocycles. The summed E-state index contributed by atoms with van der Waals surface area (Å²) in [6, 6.07) is 7.65. The van der Waals surface area contributed by atoms with Crippen molar-refractivity contribution in [2.45, 2.75) is 18.7 Å². The highest BCUT2D eigenvalue weighted by atomic mass is 35.5. The van der Waals surface area contributed by atoms with E-state index in [2.05, 4.69) is 4.90 Å². The molecule has 3 rings (SSSR count). The Bertz CT molecular complexity index is 708. The molecular formula is C18H22ClNO4S. The van der Waals surface area contributed by atoms with E-state index in [4.69, 9.17) is 25.8 Å². The molecule has 0 spiro atoms. The molecule has 0 aliphatic carbocycles. The smallest absolute Gasteiger partial charge is 0.161 e. The van der Waals surface area contributed by atoms with Crippen LogP contribution < -0.4 is 9.47 Å². The van der Waals surface area contributed by atoms with Gasteiger partial charge in [-0.05, 0) is 29.1 Å². The normalized spacial score (nSPS) is 21.3. The Morgan fingerprint density at radius 1 is 1.28 bits per heavy atom. The van der Waals surface area contributed by atoms with Crippen molar-refractivity contribution in [1.29, 1.82) is 0 Å². The second-order valence-corrected chi connectivity index (χ2v) is 7.22. The van der Waals surface area contributed by atoms with Crippen molar-refractivity contribution in [3.05, 3.63) is 45.1 Å². The minimum Gasteiger partial charge on any atom is -0.493 e. The average Bonchev–Trinajstić information content (AvgIpc) is 3.05. The summed E-state index contributed by atoms with van der Waals surface area (Å²) in [7, 11) is 3.23. The third kappa shape index (κ3) is 3.93. The summed E-state index contributed by atoms with van der Waals surface area (Å²) in [6.45, 7) is 2.02. The number of aliphatic hydroxyl groups is 1. The van der Waals surface area contributed by atoms with Gasteiger partial charge < -0.3 is 19.3 Å². The molecule has 1 aromatic carbocycles. The fourth-order valence-corrected chi connectivity index (χ4v) is 4.32. The van der Waals surface area contributed by atoms with Crippen LogP contribution in [0, 0.1) is 0 Å². The largest absolute Gasteiger partial charge is 0.493 e. The Morgan fingerprint density at radius 2 is 2.08 bits per heavy atom. The highest BCUT2D eigenvalue weighted by Crippen LogP contribution is 2.37. The van der Waals surface area contributed by atoms with E-state index >= 15 is 0 Å². The number of hydrogen-bond acceptors (Lipinski definition) is 6. The zero-order valence-electron chi connectivity index (χ0n) is 14.3. The van der Waals surface area contributed by atoms with Gasteiger partial charge in [-0.15, -0.1) is 11.3 Å². The molecule has 2 aromatic rings. The molecule has 7 heteroatoms. The van der Waals surface area contributed by atoms with Crippen LogP contribution in [-0.4, -0.2) is 50.1 Å². The van der Waals surface area contributed by atoms with Gasteiger partial charge in [-0.2, -0.15) is 0 Å². The van der Waals surface area contributed by atoms with Gasteiger partial charge in [0, 0.05) is 18.0 Å². The second kappa shape index (κ2) is 8.38. The van der Waals surface area contributed by atoms with Gasteiger partial charge in [0.05, 0.1) is 38.5 Å². The molecule has 0 saturated carbocycles. The molecule has 5 nitrogen and oxygen atoms in total. The number of morpholine rings is 1. The molecular weight excluding hydrogens is 362 g/mol. The third-order valence-electron chi connectivity index (χ3n) is 4.42. The van der Waals surface area contributed by atoms with Crippen LogP contribution in [0.15, 0.2) is 29.6 Å². The molecule has 0 bridgehead atoms. The molecule has 136 valence electrons. The quantitative estimate of drug-likeness (QED) is 0.829. The molecule has 1 saturated heterocycles. The van der Waals surface area contributed by atoms with E-state index in [1.165, 1.54) is 0 Å². The van der Waals surface area contributed by atoms with Gasteiger partial charge in [0.1, 0.15) is 6.10 Å². The Kier molecular flexibility index (Phi) is 6.19. The van der Waals surface area contributed by atoms with Crippen LogP contribution in [-0.2, 0) is 11.3 Å². The van der Waals surface area contributed by atoms with Crippen LogP contribution in [0.1, 0.15) is 16.5 Å². The molecule has 0 unspecified atom stereocenters. The molecule has 0 amide bonds. The van der Waals surface area contributed by atoms with Crippen LogP contribution in [0.25, 0.3) is 0 Å². The summed E-state index contributed by atoms with van der Waals surface area (Å²) in [6.07, 6.45) is -0.300. The number of thiophene rings is 1. The first-order valence-electron chi connectivity index (χ1n) is 8.08. The van der Waals surface area contributed by atoms with Gasteiger partial charge in [-0.1, -0.05) is 17.7 Å². The maximum absolute atomic E-state index is 9.82. The minimum atomic E-state index is -0.300. The highest BCUT2D eigenvalue weighted by Gasteiger charge is 2.34. The fourth-order valence-electron chi connectivity index (χ4n) is 3.20. The van der Waals surface area contributed by atoms with Gasteiger partial charge in [0.15, 0.2) is 11.5 Å². The lowest BCUT2D eigenvalue weighted by Crippen LogP contribution is -2.46. The zero-order chi connectivity index (χ0) is 17.8. The molecule has 25 heavy (non-hydrogen) atoms. The van der Waals surface area contributed by atoms with Crippen LogP contribution in [0.2, 0.25) is 5.02 Å². The number of methoxy groups -OCH3 is 2. The number of aliphatic hydroxyl groups excluding tert-OH is 1. The van der Waals surface area contributed by atoms with Gasteiger partial charge in [-0.25, -0.2) is 0 Å². The molecule has 0 radical (unpaired) electrons. The summed E-state index contributed by atoms with van der Waals surface area (Å²) in [4.78, 5) is 3.41. The molecule has 1 N–H and O–H groups in total. The Balaban J connectivity index is 1.93. The van der Waals surface area contributed by atoms with Crippen LogP contribution in [0.5, 0.6) is 11.5 Å². The lowest BCUT2D eigenvalue weighted by molar-refractivity contribution is -0.0958. The van der Waals surface area contributed by atoms with Gasteiger partial charge in [0.25, 0.3) is 0 Å². The summed E-state index contributed by atoms with van der Waals surface area (Å²) in [5.74, 6) is 1.34. The first kappa shape index (κ1) is 18.5. The predicted octanol–water partition coefficient (Wildman–Crippen LogP) is 3.35. The van der Waals surface area contributed by atoms with Crippen molar-refractivity contribution in [1.82, 2.24) is 4.90 Å². The van der Waals surface area contributed by atoms with Crippen molar-refractivity contribution in [2.24, 2.45) is 0 Å². The summed E-state index contributed by atoms with van der Waals surface area (Å²) in [5.41, 5.74) is 1.02. The van der Waals surface area contributed by atoms with E-state index in [1.54, 1.807) is 25.6 Å². The molecule has 1 aromatic heterocycles. The van der Waals surface area contributed by atoms with Gasteiger partial charge >= 0.3 is 0 Å². The van der Waals surface area contributed by atoms with E-state index < -0.39 is 0 Å². The number of halogens is 1. The van der Waals surface area contributed by atoms with E-state index in [-0.39, 0.29) is 18.8 Å². The maximum Gasteiger partial charge on any atom is 0.161 e. The van der Waals surface area contributed by atoms with Crippen LogP contribution in [0.4, 0.5) is 0 Å². The summed E-state index contributed by atoms with van der Waals surface area (Å²) < 4.78 is 16.6. The number of hydrogen-bond donors (Lipinski definition) is 1. The molecule has 2 heterocycles. The Hall–Kier alpha value is -1.31. The SMILES string of the molecule is COc1ccc([C@@H]2[C@@H](CO)OCCN2Cc2sccc2Cl)cc1OC. The predicted molar refractivity (Wildman–Crippen MR) is 98.9 cm³/mol. The van der Waals surface area contributed by atoms with Gasteiger partial charge in [-0.3, -0.25) is 4.90 Å². The fraction of sp³-hybridized carbons (Fsp3) is 0.444. The average molecular weight is 384 g/mol. The van der Waals surface area contributed by atoms with Gasteiger partial charge in [0.2, 0.25) is 0 Å². The van der Waals surface area contributed by atoms with Crippen molar-refractivity contribution in [3.63, 3.8) is 0 Å². The second-order valence-electron chi connectivity index (χ2n) is 5.81. The third-order valence-corrected chi connectivity index (χ3v) is 5.79. The van der Waals surface area contributed by atoms with Crippen LogP contribution >= 0.6 is 22.9 Å². The topological polar surface area (TPSA) is 51.2 Å². The standard InChI is InChI=1S/C18H22ClNO4S/c1-22-14-4-3-12(9-15(14)23-2)18-16(11-21)24-7-6-20(18)10-17-13(19)5-8-25-17/h3-5,8-9,16,18,21H,6-7,10-11H2,1-2H3/t16-,18-/m1/s1. The van der Waals surface area contributed by atoms with Crippen molar-refractivity contribution < 1.29 is 19.3 Å². The molecule has 1 aliphatic rings. The Morgan fingerprint density at radius 3 is 2.72 bits per heavy atom. The van der Waals surface area contributed by atoms with E-state index in [1.807, 2.05) is 29.6 Å². The van der Waals surface area contributed by atoms with E-state index in [9.17, 15) is 5.11 Å². The number of ether oxygens (including phenoxy) is 3. The van der Waals surface area contributed by atoms with Crippen molar-refractivity contribution in [2.75, 3.05) is 34.0 Å². The minimum absolute atomic E-state index is 0.0479. The number of nitrogens with zero attached hydrogens (tertiary/aromatic N) is 1. The van der Waals surface area contributed by atoms with Crippen molar-refractivity contribution in [3.8, 4) is 11.5 Å². The Labute approximate surface area is 156 Å². The molecule has 2 atom stereocenters. The lowest BCUT2D eigenvalue weighted by Gasteiger charge is -2.41. The van der Waals surface area contributed by atoms with E-state index in [0.717, 1.165) is 28.6 Å². The van der Waals surface area contributed by atoms with Crippen molar-refractivity contribution >= 4 is 22.9 Å². The highest BCUT2D eigenvalue weighted by molar-refractivity contribution is 7.10. The summed E-state index contributed by atoms with van der Waals surface area (Å²) >= 11 is 7.92. The first-order valence-corrected chi connectivity index (χ1v) is 9.34. The van der Waals surface area contributed by atoms with Crippen LogP contribution in [0.3, 0.4) is 0 Å². The maximum atomic E-state index is 9.82. The lowest BCUT2D eigenvalue weighted by atomic mass is 9.97. The number of benzene rings is 1. The first-order chi connectivity index (χ1) is 12.2. The molecule has 1 fully saturated rings. The monoisotopic (exact) mass is 383 g/mol. The number of rotatable bonds is 6. The van der Waals surface area contributed by atoms with E-state index in [0.29, 0.717) is 18.1 Å². The summed E-state index contributed by atoms with van der Waals surface area (Å²) in [5, 5.41) is 12.6. The zero-order valence-corrected chi connectivity index (χ0v) is 15.8.